The number of rotatable bonds is 5. The maximum absolute atomic E-state index is 13.7. The van der Waals surface area contributed by atoms with Crippen molar-refractivity contribution in [2.75, 3.05) is 13.2 Å². The molecule has 3 aromatic rings. The number of amides is 2. The number of ketones is 1. The molecule has 0 saturated carbocycles. The van der Waals surface area contributed by atoms with Gasteiger partial charge in [-0.05, 0) is 29.2 Å². The zero-order chi connectivity index (χ0) is 26.1. The van der Waals surface area contributed by atoms with Crippen molar-refractivity contribution in [3.05, 3.63) is 106 Å². The second-order valence-corrected chi connectivity index (χ2v) is 10.9. The van der Waals surface area contributed by atoms with Gasteiger partial charge in [-0.15, -0.1) is 23.2 Å². The number of hydrogen-bond donors (Lipinski definition) is 0. The van der Waals surface area contributed by atoms with Crippen LogP contribution in [0.3, 0.4) is 0 Å². The Hall–Kier alpha value is -3.48. The number of esters is 1. The number of carbonyl (C=O) groups excluding carboxylic acids is 4. The SMILES string of the molecule is Cc1ccc(C(=O)COC(=O)CN2C(=O)[C@H]3[C@H](C2=O)C2(Cl)c4ccccc4C3(Cl)c3ccccc32)cc1. The molecule has 186 valence electrons. The first-order valence-electron chi connectivity index (χ1n) is 11.9. The van der Waals surface area contributed by atoms with E-state index in [1.54, 1.807) is 24.3 Å². The highest BCUT2D eigenvalue weighted by molar-refractivity contribution is 6.36. The largest absolute Gasteiger partial charge is 0.456 e. The maximum Gasteiger partial charge on any atom is 0.326 e. The van der Waals surface area contributed by atoms with Crippen molar-refractivity contribution in [3.63, 3.8) is 0 Å². The van der Waals surface area contributed by atoms with E-state index in [1.807, 2.05) is 55.5 Å². The van der Waals surface area contributed by atoms with E-state index in [0.29, 0.717) is 27.8 Å². The summed E-state index contributed by atoms with van der Waals surface area (Å²) in [4.78, 5) is 50.8. The van der Waals surface area contributed by atoms with Crippen LogP contribution in [-0.4, -0.2) is 41.6 Å². The normalized spacial score (nSPS) is 26.9. The number of ether oxygens (including phenoxy) is 1. The lowest BCUT2D eigenvalue weighted by atomic mass is 9.54. The third-order valence-electron chi connectivity index (χ3n) is 7.70. The molecule has 0 spiro atoms. The number of Topliss-reactive ketones (excluding diaryl/α,β-unsaturated/α-hetero) is 1. The lowest BCUT2D eigenvalue weighted by Crippen LogP contribution is -2.57. The van der Waals surface area contributed by atoms with E-state index in [1.165, 1.54) is 0 Å². The van der Waals surface area contributed by atoms with Crippen molar-refractivity contribution >= 4 is 46.8 Å². The van der Waals surface area contributed by atoms with Crippen LogP contribution in [0.25, 0.3) is 0 Å². The van der Waals surface area contributed by atoms with E-state index in [0.717, 1.165) is 10.5 Å². The molecule has 0 radical (unpaired) electrons. The minimum atomic E-state index is -1.32. The second-order valence-electron chi connectivity index (χ2n) is 9.68. The third kappa shape index (κ3) is 3.19. The number of benzene rings is 3. The molecule has 1 aliphatic heterocycles. The first-order valence-corrected chi connectivity index (χ1v) is 12.6. The van der Waals surface area contributed by atoms with E-state index in [9.17, 15) is 19.2 Å². The summed E-state index contributed by atoms with van der Waals surface area (Å²) < 4.78 is 5.14. The molecule has 3 aliphatic carbocycles. The fourth-order valence-electron chi connectivity index (χ4n) is 6.02. The third-order valence-corrected chi connectivity index (χ3v) is 8.99. The van der Waals surface area contributed by atoms with Gasteiger partial charge in [0, 0.05) is 5.56 Å². The zero-order valence-corrected chi connectivity index (χ0v) is 21.3. The van der Waals surface area contributed by atoms with Crippen molar-refractivity contribution in [2.24, 2.45) is 11.8 Å². The van der Waals surface area contributed by atoms with Crippen LogP contribution in [-0.2, 0) is 28.9 Å². The van der Waals surface area contributed by atoms with Crippen LogP contribution in [0.2, 0.25) is 0 Å². The van der Waals surface area contributed by atoms with Gasteiger partial charge in [-0.2, -0.15) is 0 Å². The summed E-state index contributed by atoms with van der Waals surface area (Å²) >= 11 is 14.7. The number of likely N-dealkylation sites (tertiary alicyclic amines) is 1. The number of carbonyl (C=O) groups is 4. The van der Waals surface area contributed by atoms with Gasteiger partial charge in [0.05, 0.1) is 11.8 Å². The molecule has 2 atom stereocenters. The van der Waals surface area contributed by atoms with E-state index < -0.39 is 52.5 Å². The molecule has 2 amide bonds. The Labute approximate surface area is 223 Å². The van der Waals surface area contributed by atoms with Crippen molar-refractivity contribution in [1.29, 1.82) is 0 Å². The fraction of sp³-hybridized carbons (Fsp3) is 0.241. The molecule has 1 heterocycles. The fourth-order valence-corrected chi connectivity index (χ4v) is 7.12. The van der Waals surface area contributed by atoms with Gasteiger partial charge in [0.15, 0.2) is 12.4 Å². The topological polar surface area (TPSA) is 80.8 Å². The van der Waals surface area contributed by atoms with Crippen LogP contribution in [0.15, 0.2) is 72.8 Å². The van der Waals surface area contributed by atoms with Crippen molar-refractivity contribution in [1.82, 2.24) is 4.90 Å². The molecule has 4 aliphatic rings. The van der Waals surface area contributed by atoms with E-state index >= 15 is 0 Å². The number of aryl methyl sites for hydroxylation is 1. The summed E-state index contributed by atoms with van der Waals surface area (Å²) in [6.45, 7) is 0.772. The molecule has 1 fully saturated rings. The molecule has 0 aromatic heterocycles. The van der Waals surface area contributed by atoms with Gasteiger partial charge in [0.1, 0.15) is 16.3 Å². The highest BCUT2D eigenvalue weighted by Crippen LogP contribution is 2.69. The van der Waals surface area contributed by atoms with Gasteiger partial charge < -0.3 is 4.74 Å². The summed E-state index contributed by atoms with van der Waals surface area (Å²) in [6.07, 6.45) is 0. The van der Waals surface area contributed by atoms with Crippen molar-refractivity contribution < 1.29 is 23.9 Å². The van der Waals surface area contributed by atoms with Crippen LogP contribution in [0.4, 0.5) is 0 Å². The molecule has 37 heavy (non-hydrogen) atoms. The maximum atomic E-state index is 13.7. The van der Waals surface area contributed by atoms with E-state index in [4.69, 9.17) is 27.9 Å². The number of halogens is 2. The van der Waals surface area contributed by atoms with Gasteiger partial charge >= 0.3 is 5.97 Å². The molecule has 2 bridgehead atoms. The lowest BCUT2D eigenvalue weighted by Gasteiger charge is -2.54. The highest BCUT2D eigenvalue weighted by atomic mass is 35.5. The average Bonchev–Trinajstić information content (AvgIpc) is 3.16. The van der Waals surface area contributed by atoms with Crippen molar-refractivity contribution in [3.8, 4) is 0 Å². The molecule has 3 aromatic carbocycles. The smallest absolute Gasteiger partial charge is 0.326 e. The average molecular weight is 534 g/mol. The minimum Gasteiger partial charge on any atom is -0.456 e. The first-order chi connectivity index (χ1) is 17.7. The van der Waals surface area contributed by atoms with E-state index in [-0.39, 0.29) is 5.78 Å². The number of imide groups is 1. The first kappa shape index (κ1) is 23.9. The Kier molecular flexibility index (Phi) is 5.34. The predicted molar refractivity (Wildman–Crippen MR) is 136 cm³/mol. The van der Waals surface area contributed by atoms with Gasteiger partial charge in [-0.1, -0.05) is 78.4 Å². The monoisotopic (exact) mass is 533 g/mol. The van der Waals surface area contributed by atoms with Crippen LogP contribution in [0, 0.1) is 18.8 Å². The highest BCUT2D eigenvalue weighted by Gasteiger charge is 2.73. The summed E-state index contributed by atoms with van der Waals surface area (Å²) in [5, 5.41) is 0. The molecule has 0 N–H and O–H groups in total. The van der Waals surface area contributed by atoms with Gasteiger partial charge in [0.25, 0.3) is 0 Å². The predicted octanol–water partition coefficient (Wildman–Crippen LogP) is 4.31. The van der Waals surface area contributed by atoms with Gasteiger partial charge in [-0.25, -0.2) is 0 Å². The zero-order valence-electron chi connectivity index (χ0n) is 19.7. The molecular weight excluding hydrogens is 513 g/mol. The summed E-state index contributed by atoms with van der Waals surface area (Å²) in [6, 6.07) is 21.5. The van der Waals surface area contributed by atoms with Gasteiger partial charge in [-0.3, -0.25) is 24.1 Å². The molecule has 0 unspecified atom stereocenters. The number of nitrogens with zero attached hydrogens (tertiary/aromatic N) is 1. The van der Waals surface area contributed by atoms with Crippen LogP contribution >= 0.6 is 23.2 Å². The Morgan fingerprint density at radius 1 is 0.784 bits per heavy atom. The van der Waals surface area contributed by atoms with Crippen LogP contribution < -0.4 is 0 Å². The second kappa shape index (κ2) is 8.27. The Bertz CT molecular complexity index is 1380. The summed E-state index contributed by atoms with van der Waals surface area (Å²) in [5.74, 6) is -4.40. The standard InChI is InChI=1S/C29H21Cl2NO5/c1-16-10-12-17(13-11-16)22(33)15-37-23(34)14-32-26(35)24-25(27(32)36)29(31)19-7-3-2-6-18(19)28(24,30)20-8-4-5-9-21(20)29/h2-13,24-25H,14-15H2,1H3/t24-,25-,28?,29?/m1/s1. The lowest BCUT2D eigenvalue weighted by molar-refractivity contribution is -0.152. The quantitative estimate of drug-likeness (QED) is 0.211. The van der Waals surface area contributed by atoms with E-state index in [2.05, 4.69) is 0 Å². The summed E-state index contributed by atoms with van der Waals surface area (Å²) in [5.41, 5.74) is 4.12. The molecule has 1 saturated heterocycles. The van der Waals surface area contributed by atoms with Gasteiger partial charge in [0.2, 0.25) is 11.8 Å². The molecule has 8 heteroatoms. The van der Waals surface area contributed by atoms with Crippen molar-refractivity contribution in [2.45, 2.75) is 16.7 Å². The Balaban J connectivity index is 1.30. The minimum absolute atomic E-state index is 0.385. The molecule has 6 nitrogen and oxygen atoms in total. The Morgan fingerprint density at radius 3 is 1.65 bits per heavy atom. The van der Waals surface area contributed by atoms with Crippen LogP contribution in [0.1, 0.15) is 38.2 Å². The molecule has 7 rings (SSSR count). The van der Waals surface area contributed by atoms with Crippen LogP contribution in [0.5, 0.6) is 0 Å². The molecular formula is C29H21Cl2NO5. The number of hydrogen-bond acceptors (Lipinski definition) is 5. The summed E-state index contributed by atoms with van der Waals surface area (Å²) in [7, 11) is 0. The number of alkyl halides is 2. The Morgan fingerprint density at radius 2 is 1.22 bits per heavy atom.